The van der Waals surface area contributed by atoms with Gasteiger partial charge in [0.1, 0.15) is 0 Å². The fourth-order valence-electron chi connectivity index (χ4n) is 8.54. The third-order valence-corrected chi connectivity index (χ3v) is 12.1. The summed E-state index contributed by atoms with van der Waals surface area (Å²) in [7, 11) is 0. The number of halogens is 1. The van der Waals surface area contributed by atoms with Gasteiger partial charge in [-0.25, -0.2) is 0 Å². The van der Waals surface area contributed by atoms with E-state index in [2.05, 4.69) is 139 Å². The molecule has 4 aliphatic rings. The molecule has 262 valence electrons. The molecule has 0 amide bonds. The highest BCUT2D eigenvalue weighted by Crippen LogP contribution is 2.63. The predicted octanol–water partition coefficient (Wildman–Crippen LogP) is 8.98. The fraction of sp³-hybridized carbons (Fsp3) is 0.455. The first kappa shape index (κ1) is 36.0. The standard InChI is InChI=1S/C22H27NO.C13H17N.C9H11BrO.H2/c1-17-7-6-10-19(13-17)22(2)20-14-23(15-21(20)22)11-12-24-16-18-8-4-3-5-9-18;1-9-4-3-5-10(6-9)13(2)11-7-14-8-12(11)13;10-6-7-11-8-9-4-2-1-3-5-9;/h3-10,13,20-21H,11-12,14-16H2,1-2H3;3-6,11-12,14H,7-8H2,1-2H3;1-5H,6-8H2;1H. The molecule has 49 heavy (non-hydrogen) atoms. The highest BCUT2D eigenvalue weighted by molar-refractivity contribution is 9.09. The summed E-state index contributed by atoms with van der Waals surface area (Å²) in [5.41, 5.74) is 9.24. The van der Waals surface area contributed by atoms with Crippen molar-refractivity contribution in [1.29, 1.82) is 0 Å². The van der Waals surface area contributed by atoms with Crippen LogP contribution in [0.15, 0.2) is 109 Å². The van der Waals surface area contributed by atoms with E-state index < -0.39 is 0 Å². The zero-order valence-electron chi connectivity index (χ0n) is 29.9. The van der Waals surface area contributed by atoms with Gasteiger partial charge < -0.3 is 19.7 Å². The maximum atomic E-state index is 5.84. The van der Waals surface area contributed by atoms with Gasteiger partial charge in [0.15, 0.2) is 0 Å². The van der Waals surface area contributed by atoms with Crippen molar-refractivity contribution < 1.29 is 10.9 Å². The van der Waals surface area contributed by atoms with Crippen LogP contribution in [0, 0.1) is 37.5 Å². The van der Waals surface area contributed by atoms with E-state index in [1.807, 2.05) is 24.3 Å². The van der Waals surface area contributed by atoms with Crippen molar-refractivity contribution in [2.24, 2.45) is 23.7 Å². The molecule has 4 fully saturated rings. The van der Waals surface area contributed by atoms with Gasteiger partial charge >= 0.3 is 0 Å². The van der Waals surface area contributed by atoms with E-state index in [4.69, 9.17) is 9.47 Å². The molecule has 4 aromatic rings. The van der Waals surface area contributed by atoms with Gasteiger partial charge in [0, 0.05) is 37.2 Å². The van der Waals surface area contributed by atoms with Gasteiger partial charge in [-0.3, -0.25) is 0 Å². The topological polar surface area (TPSA) is 33.7 Å². The summed E-state index contributed by atoms with van der Waals surface area (Å²) >= 11 is 3.30. The number of nitrogens with one attached hydrogen (secondary N) is 1. The van der Waals surface area contributed by atoms with Crippen LogP contribution in [0.25, 0.3) is 0 Å². The molecule has 4 nitrogen and oxygen atoms in total. The Balaban J connectivity index is 0.000000159. The number of likely N-dealkylation sites (tertiary alicyclic amines) is 1. The van der Waals surface area contributed by atoms with Gasteiger partial charge in [0.05, 0.1) is 26.4 Å². The lowest BCUT2D eigenvalue weighted by Crippen LogP contribution is -2.31. The minimum atomic E-state index is 0. The molecular formula is C44H57BrN2O2. The van der Waals surface area contributed by atoms with Crippen LogP contribution in [0.2, 0.25) is 0 Å². The first-order valence-corrected chi connectivity index (χ1v) is 19.3. The number of ether oxygens (including phenoxy) is 2. The molecule has 4 atom stereocenters. The maximum Gasteiger partial charge on any atom is 0.0717 e. The van der Waals surface area contributed by atoms with Crippen LogP contribution < -0.4 is 5.32 Å². The minimum absolute atomic E-state index is 0. The molecule has 2 saturated heterocycles. The van der Waals surface area contributed by atoms with Crippen molar-refractivity contribution in [3.63, 3.8) is 0 Å². The summed E-state index contributed by atoms with van der Waals surface area (Å²) in [5.74, 6) is 3.44. The van der Waals surface area contributed by atoms with Gasteiger partial charge in [-0.05, 0) is 72.9 Å². The Morgan fingerprint density at radius 2 is 1.12 bits per heavy atom. The number of rotatable bonds is 11. The summed E-state index contributed by atoms with van der Waals surface area (Å²) in [4.78, 5) is 2.58. The van der Waals surface area contributed by atoms with E-state index in [1.165, 1.54) is 54.0 Å². The number of hydrogen-bond donors (Lipinski definition) is 1. The molecule has 4 unspecified atom stereocenters. The first-order valence-electron chi connectivity index (χ1n) is 18.2. The number of nitrogens with zero attached hydrogens (tertiary/aromatic N) is 1. The Kier molecular flexibility index (Phi) is 12.1. The van der Waals surface area contributed by atoms with Gasteiger partial charge in [-0.15, -0.1) is 0 Å². The predicted molar refractivity (Wildman–Crippen MR) is 208 cm³/mol. The number of benzene rings is 4. The summed E-state index contributed by atoms with van der Waals surface area (Å²) in [6.07, 6.45) is 0. The number of alkyl halides is 1. The molecule has 8 rings (SSSR count). The van der Waals surface area contributed by atoms with E-state index in [-0.39, 0.29) is 1.43 Å². The molecule has 0 bridgehead atoms. The van der Waals surface area contributed by atoms with Gasteiger partial charge in [-0.2, -0.15) is 0 Å². The molecule has 2 heterocycles. The van der Waals surface area contributed by atoms with Crippen molar-refractivity contribution >= 4 is 15.9 Å². The second-order valence-corrected chi connectivity index (χ2v) is 15.7. The SMILES string of the molecule is BrCCOCc1ccccc1.Cc1cccc(C2(C)C3CN(CCOCc4ccccc4)CC32)c1.Cc1cccc(C2(C)C3CNCC32)c1.[HH]. The molecule has 0 radical (unpaired) electrons. The Labute approximate surface area is 305 Å². The summed E-state index contributed by atoms with van der Waals surface area (Å²) in [6.45, 7) is 18.3. The quantitative estimate of drug-likeness (QED) is 0.124. The van der Waals surface area contributed by atoms with Crippen molar-refractivity contribution in [3.8, 4) is 0 Å². The van der Waals surface area contributed by atoms with E-state index in [0.717, 1.165) is 55.4 Å². The van der Waals surface area contributed by atoms with Crippen molar-refractivity contribution in [2.45, 2.75) is 51.7 Å². The lowest BCUT2D eigenvalue weighted by atomic mass is 9.91. The van der Waals surface area contributed by atoms with E-state index in [0.29, 0.717) is 17.4 Å². The average molecular weight is 726 g/mol. The van der Waals surface area contributed by atoms with Crippen LogP contribution in [0.3, 0.4) is 0 Å². The van der Waals surface area contributed by atoms with Crippen molar-refractivity contribution in [2.75, 3.05) is 51.3 Å². The summed E-state index contributed by atoms with van der Waals surface area (Å²) in [6, 6.07) is 38.7. The third kappa shape index (κ3) is 8.57. The molecule has 0 aromatic heterocycles. The molecule has 2 aliphatic carbocycles. The molecule has 2 saturated carbocycles. The number of aryl methyl sites for hydroxylation is 2. The van der Waals surface area contributed by atoms with Gasteiger partial charge in [0.25, 0.3) is 0 Å². The summed E-state index contributed by atoms with van der Waals surface area (Å²) in [5, 5.41) is 4.36. The molecule has 2 aliphatic heterocycles. The van der Waals surface area contributed by atoms with Crippen molar-refractivity contribution in [3.05, 3.63) is 143 Å². The second kappa shape index (κ2) is 16.5. The number of fused-ring (bicyclic) bond motifs is 2. The van der Waals surface area contributed by atoms with Crippen molar-refractivity contribution in [1.82, 2.24) is 10.2 Å². The van der Waals surface area contributed by atoms with E-state index in [1.54, 1.807) is 5.56 Å². The number of hydrogen-bond acceptors (Lipinski definition) is 4. The largest absolute Gasteiger partial charge is 0.376 e. The minimum Gasteiger partial charge on any atom is -0.376 e. The monoisotopic (exact) mass is 724 g/mol. The van der Waals surface area contributed by atoms with E-state index >= 15 is 0 Å². The molecular weight excluding hydrogens is 668 g/mol. The molecule has 5 heteroatoms. The Morgan fingerprint density at radius 3 is 1.59 bits per heavy atom. The highest BCUT2D eigenvalue weighted by Gasteiger charge is 2.65. The van der Waals surface area contributed by atoms with Crippen LogP contribution in [0.5, 0.6) is 0 Å². The average Bonchev–Trinajstić information content (AvgIpc) is 3.59. The van der Waals surface area contributed by atoms with Crippen LogP contribution in [-0.4, -0.2) is 56.2 Å². The fourth-order valence-corrected chi connectivity index (χ4v) is 8.77. The zero-order valence-corrected chi connectivity index (χ0v) is 31.5. The summed E-state index contributed by atoms with van der Waals surface area (Å²) < 4.78 is 11.2. The molecule has 0 spiro atoms. The van der Waals surface area contributed by atoms with Gasteiger partial charge in [-0.1, -0.05) is 150 Å². The Bertz CT molecular complexity index is 1600. The number of piperidine rings is 2. The highest BCUT2D eigenvalue weighted by atomic mass is 79.9. The lowest BCUT2D eigenvalue weighted by Gasteiger charge is -2.24. The molecule has 4 aromatic carbocycles. The van der Waals surface area contributed by atoms with Gasteiger partial charge in [0.2, 0.25) is 0 Å². The second-order valence-electron chi connectivity index (χ2n) is 14.9. The maximum absolute atomic E-state index is 5.84. The zero-order chi connectivity index (χ0) is 34.3. The third-order valence-electron chi connectivity index (χ3n) is 11.7. The Morgan fingerprint density at radius 1 is 0.653 bits per heavy atom. The van der Waals surface area contributed by atoms with Crippen LogP contribution in [0.4, 0.5) is 0 Å². The van der Waals surface area contributed by atoms with Crippen LogP contribution >= 0.6 is 15.9 Å². The van der Waals surface area contributed by atoms with Crippen LogP contribution in [0.1, 0.15) is 48.7 Å². The lowest BCUT2D eigenvalue weighted by molar-refractivity contribution is 0.0941. The smallest absolute Gasteiger partial charge is 0.0717 e. The first-order chi connectivity index (χ1) is 23.8. The molecule has 1 N–H and O–H groups in total. The van der Waals surface area contributed by atoms with Crippen LogP contribution in [-0.2, 0) is 33.5 Å². The van der Waals surface area contributed by atoms with E-state index in [9.17, 15) is 0 Å². The normalized spacial score (nSPS) is 27.6. The Hall–Kier alpha value is -2.80.